The van der Waals surface area contributed by atoms with E-state index in [-0.39, 0.29) is 11.6 Å². The number of carbonyl (C=O) groups excluding carboxylic acids is 1. The van der Waals surface area contributed by atoms with Crippen molar-refractivity contribution in [1.29, 1.82) is 0 Å². The van der Waals surface area contributed by atoms with E-state index >= 15 is 0 Å². The molecule has 1 aromatic carbocycles. The van der Waals surface area contributed by atoms with Crippen molar-refractivity contribution in [3.8, 4) is 0 Å². The lowest BCUT2D eigenvalue weighted by molar-refractivity contribution is 0.0945. The fourth-order valence-electron chi connectivity index (χ4n) is 4.77. The van der Waals surface area contributed by atoms with E-state index < -0.39 is 0 Å². The lowest BCUT2D eigenvalue weighted by Crippen LogP contribution is -2.41. The van der Waals surface area contributed by atoms with E-state index in [0.717, 1.165) is 50.3 Å². The number of carbonyl (C=O) groups is 1. The van der Waals surface area contributed by atoms with Gasteiger partial charge in [-0.3, -0.25) is 4.79 Å². The molecule has 2 aliphatic heterocycles. The van der Waals surface area contributed by atoms with Crippen molar-refractivity contribution in [3.63, 3.8) is 0 Å². The highest BCUT2D eigenvalue weighted by atomic mass is 35.5. The molecule has 7 nitrogen and oxygen atoms in total. The smallest absolute Gasteiger partial charge is 0.271 e. The van der Waals surface area contributed by atoms with Gasteiger partial charge in [-0.2, -0.15) is 0 Å². The van der Waals surface area contributed by atoms with Gasteiger partial charge < -0.3 is 15.0 Å². The summed E-state index contributed by atoms with van der Waals surface area (Å²) in [5.41, 5.74) is 1.54. The molecular weight excluding hydrogens is 482 g/mol. The quantitative estimate of drug-likeness (QED) is 0.500. The lowest BCUT2D eigenvalue weighted by atomic mass is 9.77. The van der Waals surface area contributed by atoms with Crippen LogP contribution in [0.15, 0.2) is 64.9 Å². The number of nitrogens with one attached hydrogen (secondary N) is 1. The van der Waals surface area contributed by atoms with Crippen molar-refractivity contribution >= 4 is 35.1 Å². The average Bonchev–Trinajstić information content (AvgIpc) is 3.25. The maximum atomic E-state index is 12.7. The van der Waals surface area contributed by atoms with E-state index in [1.54, 1.807) is 18.5 Å². The molecule has 35 heavy (non-hydrogen) atoms. The van der Waals surface area contributed by atoms with Crippen LogP contribution in [0.25, 0.3) is 0 Å². The van der Waals surface area contributed by atoms with Crippen molar-refractivity contribution in [2.45, 2.75) is 48.8 Å². The standard InChI is InChI=1S/C26H28ClN5O2S/c1-18-13-26(17-34-18)8-11-32(12-9-26)21-15-30-22(16-29-21)35-20-7-10-28-24(23(20)27)25(33)31-14-19-5-3-2-4-6-19/h2-7,10,15-16,18H,8-9,11-14,17H2,1H3,(H,31,33)/t18-/m0/s1. The zero-order valence-electron chi connectivity index (χ0n) is 19.6. The third-order valence-electron chi connectivity index (χ3n) is 6.74. The van der Waals surface area contributed by atoms with Crippen LogP contribution in [0.4, 0.5) is 5.82 Å². The Morgan fingerprint density at radius 2 is 1.97 bits per heavy atom. The number of nitrogens with zero attached hydrogens (tertiary/aromatic N) is 4. The summed E-state index contributed by atoms with van der Waals surface area (Å²) < 4.78 is 5.84. The minimum atomic E-state index is -0.312. The molecule has 1 amide bonds. The number of benzene rings is 1. The first-order chi connectivity index (χ1) is 17.0. The molecule has 2 aromatic heterocycles. The van der Waals surface area contributed by atoms with Crippen LogP contribution < -0.4 is 10.2 Å². The maximum Gasteiger partial charge on any atom is 0.271 e. The number of halogens is 1. The monoisotopic (exact) mass is 509 g/mol. The summed E-state index contributed by atoms with van der Waals surface area (Å²) in [5.74, 6) is 0.575. The van der Waals surface area contributed by atoms with Crippen molar-refractivity contribution in [1.82, 2.24) is 20.3 Å². The Morgan fingerprint density at radius 3 is 2.66 bits per heavy atom. The minimum absolute atomic E-state index is 0.199. The number of hydrogen-bond acceptors (Lipinski definition) is 7. The molecule has 4 heterocycles. The molecule has 1 N–H and O–H groups in total. The number of anilines is 1. The fourth-order valence-corrected chi connectivity index (χ4v) is 5.83. The number of ether oxygens (including phenoxy) is 1. The van der Waals surface area contributed by atoms with Crippen molar-refractivity contribution < 1.29 is 9.53 Å². The SMILES string of the molecule is C[C@H]1CC2(CCN(c3cnc(Sc4ccnc(C(=O)NCc5ccccc5)c4Cl)cn3)CC2)CO1. The summed E-state index contributed by atoms with van der Waals surface area (Å²) in [5, 5.41) is 3.90. The van der Waals surface area contributed by atoms with Crippen LogP contribution in [0.1, 0.15) is 42.2 Å². The van der Waals surface area contributed by atoms with Gasteiger partial charge in [0, 0.05) is 30.7 Å². The third kappa shape index (κ3) is 5.60. The van der Waals surface area contributed by atoms with E-state index in [0.29, 0.717) is 33.0 Å². The molecule has 0 aliphatic carbocycles. The lowest BCUT2D eigenvalue weighted by Gasteiger charge is -2.38. The van der Waals surface area contributed by atoms with Gasteiger partial charge in [0.2, 0.25) is 0 Å². The van der Waals surface area contributed by atoms with Gasteiger partial charge in [0.1, 0.15) is 16.5 Å². The Labute approximate surface area is 214 Å². The van der Waals surface area contributed by atoms with E-state index in [1.807, 2.05) is 36.5 Å². The van der Waals surface area contributed by atoms with Gasteiger partial charge in [-0.1, -0.05) is 53.7 Å². The van der Waals surface area contributed by atoms with Crippen LogP contribution in [-0.2, 0) is 11.3 Å². The molecule has 2 saturated heterocycles. The molecule has 3 aromatic rings. The zero-order valence-corrected chi connectivity index (χ0v) is 21.2. The van der Waals surface area contributed by atoms with Gasteiger partial charge in [-0.25, -0.2) is 15.0 Å². The second kappa shape index (κ2) is 10.5. The van der Waals surface area contributed by atoms with Crippen LogP contribution in [-0.4, -0.2) is 46.7 Å². The summed E-state index contributed by atoms with van der Waals surface area (Å²) in [7, 11) is 0. The zero-order chi connectivity index (χ0) is 24.3. The molecule has 0 unspecified atom stereocenters. The molecule has 0 bridgehead atoms. The number of hydrogen-bond donors (Lipinski definition) is 1. The predicted molar refractivity (Wildman–Crippen MR) is 137 cm³/mol. The Bertz CT molecular complexity index is 1170. The first-order valence-corrected chi connectivity index (χ1v) is 13.0. The number of piperidine rings is 1. The molecule has 0 saturated carbocycles. The Balaban J connectivity index is 1.20. The van der Waals surface area contributed by atoms with Gasteiger partial charge in [-0.05, 0) is 43.2 Å². The second-order valence-electron chi connectivity index (χ2n) is 9.27. The summed E-state index contributed by atoms with van der Waals surface area (Å²) in [6, 6.07) is 11.5. The highest BCUT2D eigenvalue weighted by Gasteiger charge is 2.41. The predicted octanol–water partition coefficient (Wildman–Crippen LogP) is 5.00. The molecular formula is C26H28ClN5O2S. The van der Waals surface area contributed by atoms with E-state index in [2.05, 4.69) is 32.1 Å². The van der Waals surface area contributed by atoms with Gasteiger partial charge in [0.05, 0.1) is 30.1 Å². The van der Waals surface area contributed by atoms with Gasteiger partial charge >= 0.3 is 0 Å². The minimum Gasteiger partial charge on any atom is -0.378 e. The molecule has 182 valence electrons. The normalized spacial score (nSPS) is 19.1. The van der Waals surface area contributed by atoms with Crippen molar-refractivity contribution in [2.75, 3.05) is 24.6 Å². The maximum absolute atomic E-state index is 12.7. The van der Waals surface area contributed by atoms with Crippen molar-refractivity contribution in [3.05, 3.63) is 71.3 Å². The highest BCUT2D eigenvalue weighted by molar-refractivity contribution is 7.99. The van der Waals surface area contributed by atoms with Gasteiger partial charge in [0.15, 0.2) is 0 Å². The number of amides is 1. The van der Waals surface area contributed by atoms with Crippen LogP contribution >= 0.6 is 23.4 Å². The summed E-state index contributed by atoms with van der Waals surface area (Å²) in [4.78, 5) is 29.1. The molecule has 2 fully saturated rings. The summed E-state index contributed by atoms with van der Waals surface area (Å²) in [6.45, 7) is 5.38. The molecule has 1 spiro atoms. The van der Waals surface area contributed by atoms with Crippen molar-refractivity contribution in [2.24, 2.45) is 5.41 Å². The van der Waals surface area contributed by atoms with Gasteiger partial charge in [-0.15, -0.1) is 0 Å². The van der Waals surface area contributed by atoms with Crippen LogP contribution in [0.5, 0.6) is 0 Å². The summed E-state index contributed by atoms with van der Waals surface area (Å²) >= 11 is 7.92. The van der Waals surface area contributed by atoms with E-state index in [4.69, 9.17) is 16.3 Å². The highest BCUT2D eigenvalue weighted by Crippen LogP contribution is 2.42. The van der Waals surface area contributed by atoms with Crippen LogP contribution in [0.3, 0.4) is 0 Å². The topological polar surface area (TPSA) is 80.2 Å². The molecule has 2 aliphatic rings. The Hall–Kier alpha value is -2.68. The number of pyridine rings is 1. The Kier molecular flexibility index (Phi) is 7.22. The Morgan fingerprint density at radius 1 is 1.17 bits per heavy atom. The van der Waals surface area contributed by atoms with Crippen LogP contribution in [0.2, 0.25) is 5.02 Å². The molecule has 5 rings (SSSR count). The first kappa shape index (κ1) is 24.0. The van der Waals surface area contributed by atoms with Crippen LogP contribution in [0, 0.1) is 5.41 Å². The molecule has 0 radical (unpaired) electrons. The van der Waals surface area contributed by atoms with Gasteiger partial charge in [0.25, 0.3) is 5.91 Å². The fraction of sp³-hybridized carbons (Fsp3) is 0.385. The second-order valence-corrected chi connectivity index (χ2v) is 10.7. The molecule has 9 heteroatoms. The largest absolute Gasteiger partial charge is 0.378 e. The average molecular weight is 510 g/mol. The number of rotatable bonds is 6. The molecule has 1 atom stereocenters. The third-order valence-corrected chi connectivity index (χ3v) is 8.21. The van der Waals surface area contributed by atoms with E-state index in [1.165, 1.54) is 11.8 Å². The first-order valence-electron chi connectivity index (χ1n) is 11.8. The van der Waals surface area contributed by atoms with E-state index in [9.17, 15) is 4.79 Å². The number of aromatic nitrogens is 3. The summed E-state index contributed by atoms with van der Waals surface area (Å²) in [6.07, 6.45) is 8.93.